The summed E-state index contributed by atoms with van der Waals surface area (Å²) in [5.74, 6) is 1.18. The highest BCUT2D eigenvalue weighted by Crippen LogP contribution is 2.36. The van der Waals surface area contributed by atoms with Crippen molar-refractivity contribution in [1.82, 2.24) is 9.88 Å². The molecule has 1 spiro atoms. The smallest absolute Gasteiger partial charge is 0.222 e. The van der Waals surface area contributed by atoms with Crippen LogP contribution >= 0.6 is 0 Å². The molecule has 1 aromatic carbocycles. The Morgan fingerprint density at radius 3 is 2.96 bits per heavy atom. The lowest BCUT2D eigenvalue weighted by Gasteiger charge is -2.34. The third-order valence-electron chi connectivity index (χ3n) is 5.33. The zero-order valence-electron chi connectivity index (χ0n) is 14.9. The van der Waals surface area contributed by atoms with E-state index in [1.807, 2.05) is 41.4 Å². The van der Waals surface area contributed by atoms with Gasteiger partial charge in [-0.1, -0.05) is 30.3 Å². The molecule has 1 fully saturated rings. The fourth-order valence-corrected chi connectivity index (χ4v) is 3.81. The number of amides is 1. The maximum Gasteiger partial charge on any atom is 0.222 e. The highest BCUT2D eigenvalue weighted by atomic mass is 16.5. The Hall–Kier alpha value is -2.62. The molecule has 0 bridgehead atoms. The van der Waals surface area contributed by atoms with Crippen molar-refractivity contribution in [2.24, 2.45) is 0 Å². The van der Waals surface area contributed by atoms with Gasteiger partial charge in [0.05, 0.1) is 0 Å². The van der Waals surface area contributed by atoms with E-state index in [1.54, 1.807) is 6.20 Å². The Labute approximate surface area is 154 Å². The largest absolute Gasteiger partial charge is 0.483 e. The predicted molar refractivity (Wildman–Crippen MR) is 102 cm³/mol. The van der Waals surface area contributed by atoms with Crippen LogP contribution < -0.4 is 4.74 Å². The zero-order valence-corrected chi connectivity index (χ0v) is 14.9. The summed E-state index contributed by atoms with van der Waals surface area (Å²) in [6, 6.07) is 12.1. The third kappa shape index (κ3) is 3.64. The Bertz CT molecular complexity index is 803. The second-order valence-electron chi connectivity index (χ2n) is 7.13. The van der Waals surface area contributed by atoms with E-state index in [4.69, 9.17) is 4.74 Å². The summed E-state index contributed by atoms with van der Waals surface area (Å²) in [7, 11) is 0. The number of aromatic nitrogens is 1. The van der Waals surface area contributed by atoms with Crippen LogP contribution in [-0.4, -0.2) is 34.5 Å². The maximum atomic E-state index is 12.6. The number of benzene rings is 1. The van der Waals surface area contributed by atoms with Gasteiger partial charge in [-0.25, -0.2) is 0 Å². The summed E-state index contributed by atoms with van der Waals surface area (Å²) >= 11 is 0. The van der Waals surface area contributed by atoms with Crippen molar-refractivity contribution >= 4 is 12.0 Å². The number of para-hydroxylation sites is 1. The molecule has 1 saturated heterocycles. The molecule has 2 aliphatic rings. The lowest BCUT2D eigenvalue weighted by atomic mass is 9.91. The van der Waals surface area contributed by atoms with Crippen molar-refractivity contribution in [3.63, 3.8) is 0 Å². The van der Waals surface area contributed by atoms with Crippen LogP contribution in [0.15, 0.2) is 54.9 Å². The number of carbonyl (C=O) groups excluding carboxylic acids is 1. The molecule has 26 heavy (non-hydrogen) atoms. The number of aryl methyl sites for hydroxylation is 1. The molecule has 2 aliphatic heterocycles. The molecule has 4 nitrogen and oxygen atoms in total. The molecular formula is C22H24N2O2. The number of ether oxygens (including phenoxy) is 1. The first-order chi connectivity index (χ1) is 12.7. The van der Waals surface area contributed by atoms with E-state index in [9.17, 15) is 4.79 Å². The van der Waals surface area contributed by atoms with Crippen molar-refractivity contribution in [2.45, 2.75) is 37.7 Å². The van der Waals surface area contributed by atoms with Gasteiger partial charge in [-0.15, -0.1) is 0 Å². The number of carbonyl (C=O) groups is 1. The molecule has 0 radical (unpaired) electrons. The molecule has 0 unspecified atom stereocenters. The summed E-state index contributed by atoms with van der Waals surface area (Å²) in [6.07, 6.45) is 12.0. The Kier molecular flexibility index (Phi) is 4.74. The molecule has 1 amide bonds. The SMILES string of the molecule is O=C(CCc1cccnc1)N1CCC[C@]2(C=Cc3ccccc3O2)CC1. The van der Waals surface area contributed by atoms with E-state index in [0.29, 0.717) is 6.42 Å². The minimum atomic E-state index is -0.271. The number of nitrogens with zero attached hydrogens (tertiary/aromatic N) is 2. The first kappa shape index (κ1) is 16.8. The third-order valence-corrected chi connectivity index (χ3v) is 5.33. The van der Waals surface area contributed by atoms with Crippen LogP contribution in [-0.2, 0) is 11.2 Å². The van der Waals surface area contributed by atoms with Crippen LogP contribution in [0.5, 0.6) is 5.75 Å². The molecular weight excluding hydrogens is 324 g/mol. The van der Waals surface area contributed by atoms with Crippen molar-refractivity contribution < 1.29 is 9.53 Å². The molecule has 4 heteroatoms. The maximum absolute atomic E-state index is 12.6. The second-order valence-corrected chi connectivity index (χ2v) is 7.13. The highest BCUT2D eigenvalue weighted by molar-refractivity contribution is 5.76. The molecule has 0 N–H and O–H groups in total. The Morgan fingerprint density at radius 2 is 2.08 bits per heavy atom. The monoisotopic (exact) mass is 348 g/mol. The summed E-state index contributed by atoms with van der Waals surface area (Å²) in [4.78, 5) is 18.8. The normalized spacial score (nSPS) is 21.8. The fraction of sp³-hybridized carbons (Fsp3) is 0.364. The van der Waals surface area contributed by atoms with Crippen LogP contribution in [0.1, 0.15) is 36.8 Å². The molecule has 4 rings (SSSR count). The van der Waals surface area contributed by atoms with Crippen LogP contribution in [0.2, 0.25) is 0 Å². The summed E-state index contributed by atoms with van der Waals surface area (Å²) in [6.45, 7) is 1.56. The first-order valence-corrected chi connectivity index (χ1v) is 9.38. The number of likely N-dealkylation sites (tertiary alicyclic amines) is 1. The minimum absolute atomic E-state index is 0.228. The van der Waals surface area contributed by atoms with E-state index in [1.165, 1.54) is 0 Å². The van der Waals surface area contributed by atoms with E-state index >= 15 is 0 Å². The highest BCUT2D eigenvalue weighted by Gasteiger charge is 2.35. The molecule has 1 aromatic heterocycles. The van der Waals surface area contributed by atoms with Gasteiger partial charge < -0.3 is 9.64 Å². The average molecular weight is 348 g/mol. The summed E-state index contributed by atoms with van der Waals surface area (Å²) in [5, 5.41) is 0. The molecule has 134 valence electrons. The molecule has 1 atom stereocenters. The number of fused-ring (bicyclic) bond motifs is 1. The minimum Gasteiger partial charge on any atom is -0.483 e. The van der Waals surface area contributed by atoms with Gasteiger partial charge in [0.15, 0.2) is 0 Å². The average Bonchev–Trinajstić information content (AvgIpc) is 2.89. The van der Waals surface area contributed by atoms with Gasteiger partial charge in [-0.3, -0.25) is 9.78 Å². The topological polar surface area (TPSA) is 42.4 Å². The van der Waals surface area contributed by atoms with Crippen LogP contribution in [0.3, 0.4) is 0 Å². The summed E-state index contributed by atoms with van der Waals surface area (Å²) in [5.41, 5.74) is 1.97. The fourth-order valence-electron chi connectivity index (χ4n) is 3.81. The number of hydrogen-bond donors (Lipinski definition) is 0. The predicted octanol–water partition coefficient (Wildman–Crippen LogP) is 3.87. The van der Waals surface area contributed by atoms with Crippen molar-refractivity contribution in [1.29, 1.82) is 0 Å². The Balaban J connectivity index is 1.37. The molecule has 3 heterocycles. The van der Waals surface area contributed by atoms with Crippen LogP contribution in [0.4, 0.5) is 0 Å². The summed E-state index contributed by atoms with van der Waals surface area (Å²) < 4.78 is 6.36. The van der Waals surface area contributed by atoms with E-state index in [-0.39, 0.29) is 11.5 Å². The molecule has 0 saturated carbocycles. The quantitative estimate of drug-likeness (QED) is 0.845. The lowest BCUT2D eigenvalue weighted by molar-refractivity contribution is -0.131. The van der Waals surface area contributed by atoms with Gasteiger partial charge in [-0.05, 0) is 43.0 Å². The van der Waals surface area contributed by atoms with E-state index in [2.05, 4.69) is 23.2 Å². The van der Waals surface area contributed by atoms with Gasteiger partial charge in [0.1, 0.15) is 11.4 Å². The van der Waals surface area contributed by atoms with Crippen molar-refractivity contribution in [3.8, 4) is 5.75 Å². The second kappa shape index (κ2) is 7.32. The standard InChI is InChI=1S/C22H24N2O2/c25-21(9-8-18-5-3-14-23-17-18)24-15-4-11-22(13-16-24)12-10-19-6-1-2-7-20(19)26-22/h1-3,5-7,10,12,14,17H,4,8-9,11,13,15-16H2/t22-/m0/s1. The van der Waals surface area contributed by atoms with Crippen molar-refractivity contribution in [2.75, 3.05) is 13.1 Å². The van der Waals surface area contributed by atoms with Gasteiger partial charge in [0.2, 0.25) is 5.91 Å². The first-order valence-electron chi connectivity index (χ1n) is 9.38. The number of pyridine rings is 1. The Morgan fingerprint density at radius 1 is 1.15 bits per heavy atom. The number of rotatable bonds is 3. The molecule has 0 aliphatic carbocycles. The van der Waals surface area contributed by atoms with Gasteiger partial charge in [0, 0.05) is 43.9 Å². The van der Waals surface area contributed by atoms with Gasteiger partial charge >= 0.3 is 0 Å². The zero-order chi connectivity index (χ0) is 17.8. The van der Waals surface area contributed by atoms with Crippen molar-refractivity contribution in [3.05, 3.63) is 66.0 Å². The van der Waals surface area contributed by atoms with E-state index in [0.717, 1.165) is 55.6 Å². The lowest BCUT2D eigenvalue weighted by Crippen LogP contribution is -2.38. The van der Waals surface area contributed by atoms with Gasteiger partial charge in [0.25, 0.3) is 0 Å². The number of hydrogen-bond acceptors (Lipinski definition) is 3. The van der Waals surface area contributed by atoms with E-state index < -0.39 is 0 Å². The van der Waals surface area contributed by atoms with Crippen LogP contribution in [0, 0.1) is 0 Å². The van der Waals surface area contributed by atoms with Gasteiger partial charge in [-0.2, -0.15) is 0 Å². The van der Waals surface area contributed by atoms with Crippen LogP contribution in [0.25, 0.3) is 6.08 Å². The molecule has 2 aromatic rings.